The zero-order valence-electron chi connectivity index (χ0n) is 10.4. The molecular weight excluding hydrogens is 297 g/mol. The van der Waals surface area contributed by atoms with Crippen molar-refractivity contribution in [2.45, 2.75) is 6.54 Å². The topological polar surface area (TPSA) is 43.0 Å². The number of hydrogen-bond donors (Lipinski definition) is 1. The first kappa shape index (κ1) is 13.1. The molecular formula is C14H11Cl2N3O. The Morgan fingerprint density at radius 2 is 2.05 bits per heavy atom. The van der Waals surface area contributed by atoms with E-state index in [1.807, 2.05) is 36.5 Å². The highest BCUT2D eigenvalue weighted by atomic mass is 35.5. The summed E-state index contributed by atoms with van der Waals surface area (Å²) < 4.78 is 7.04. The molecule has 0 aliphatic carbocycles. The van der Waals surface area contributed by atoms with Crippen LogP contribution in [0, 0.1) is 0 Å². The Morgan fingerprint density at radius 1 is 1.15 bits per heavy atom. The summed E-state index contributed by atoms with van der Waals surface area (Å²) in [6.45, 7) is 0.515. The predicted molar refractivity (Wildman–Crippen MR) is 79.6 cm³/mol. The van der Waals surface area contributed by atoms with Crippen molar-refractivity contribution in [3.63, 3.8) is 0 Å². The van der Waals surface area contributed by atoms with Gasteiger partial charge in [-0.05, 0) is 41.9 Å². The minimum Gasteiger partial charge on any atom is -0.448 e. The van der Waals surface area contributed by atoms with E-state index in [0.717, 1.165) is 17.1 Å². The number of aromatic nitrogens is 2. The minimum atomic E-state index is 0.375. The number of nitrogens with zero attached hydrogens (tertiary/aromatic N) is 2. The molecule has 0 amide bonds. The van der Waals surface area contributed by atoms with Crippen molar-refractivity contribution < 1.29 is 4.42 Å². The SMILES string of the molecule is Clc1ccc(CNc2cccc(Cl)c2-n2cccn2)o1. The predicted octanol–water partition coefficient (Wildman–Crippen LogP) is 4.38. The Morgan fingerprint density at radius 3 is 2.75 bits per heavy atom. The summed E-state index contributed by atoms with van der Waals surface area (Å²) in [4.78, 5) is 0. The molecule has 3 aromatic rings. The van der Waals surface area contributed by atoms with E-state index in [4.69, 9.17) is 27.6 Å². The highest BCUT2D eigenvalue weighted by Gasteiger charge is 2.10. The Labute approximate surface area is 125 Å². The fourth-order valence-electron chi connectivity index (χ4n) is 1.92. The maximum absolute atomic E-state index is 6.26. The minimum absolute atomic E-state index is 0.375. The zero-order chi connectivity index (χ0) is 13.9. The van der Waals surface area contributed by atoms with Crippen molar-refractivity contribution >= 4 is 28.9 Å². The number of halogens is 2. The largest absolute Gasteiger partial charge is 0.448 e. The summed E-state index contributed by atoms with van der Waals surface area (Å²) in [7, 11) is 0. The first-order valence-corrected chi connectivity index (χ1v) is 6.76. The zero-order valence-corrected chi connectivity index (χ0v) is 11.9. The lowest BCUT2D eigenvalue weighted by molar-refractivity contribution is 0.520. The van der Waals surface area contributed by atoms with Crippen LogP contribution in [0.1, 0.15) is 5.76 Å². The molecule has 1 aromatic carbocycles. The summed E-state index contributed by atoms with van der Waals surface area (Å²) in [5, 5.41) is 8.49. The first-order chi connectivity index (χ1) is 9.74. The average Bonchev–Trinajstić information content (AvgIpc) is 3.08. The van der Waals surface area contributed by atoms with E-state index >= 15 is 0 Å². The van der Waals surface area contributed by atoms with Crippen LogP contribution < -0.4 is 5.32 Å². The standard InChI is InChI=1S/C14H11Cl2N3O/c15-11-3-1-4-12(14(11)19-8-2-7-18-19)17-9-10-5-6-13(16)20-10/h1-8,17H,9H2. The molecule has 0 bridgehead atoms. The third-order valence-corrected chi connectivity index (χ3v) is 3.31. The van der Waals surface area contributed by atoms with E-state index in [0.29, 0.717) is 16.8 Å². The molecule has 0 unspecified atom stereocenters. The Kier molecular flexibility index (Phi) is 3.67. The average molecular weight is 308 g/mol. The summed E-state index contributed by atoms with van der Waals surface area (Å²) in [5.74, 6) is 0.751. The third-order valence-electron chi connectivity index (χ3n) is 2.80. The van der Waals surface area contributed by atoms with Crippen LogP contribution in [0.15, 0.2) is 53.2 Å². The quantitative estimate of drug-likeness (QED) is 0.777. The van der Waals surface area contributed by atoms with Crippen molar-refractivity contribution in [1.82, 2.24) is 9.78 Å². The third kappa shape index (κ3) is 2.66. The van der Waals surface area contributed by atoms with Gasteiger partial charge in [0.05, 0.1) is 17.3 Å². The Hall–Kier alpha value is -1.91. The second kappa shape index (κ2) is 5.61. The van der Waals surface area contributed by atoms with Crippen molar-refractivity contribution in [3.8, 4) is 5.69 Å². The van der Waals surface area contributed by atoms with Gasteiger partial charge in [0.25, 0.3) is 0 Å². The molecule has 0 atom stereocenters. The van der Waals surface area contributed by atoms with Gasteiger partial charge in [-0.15, -0.1) is 0 Å². The van der Waals surface area contributed by atoms with Gasteiger partial charge < -0.3 is 9.73 Å². The van der Waals surface area contributed by atoms with Gasteiger partial charge >= 0.3 is 0 Å². The monoisotopic (exact) mass is 307 g/mol. The van der Waals surface area contributed by atoms with E-state index in [9.17, 15) is 0 Å². The van der Waals surface area contributed by atoms with E-state index in [1.54, 1.807) is 16.9 Å². The lowest BCUT2D eigenvalue weighted by Gasteiger charge is -2.12. The van der Waals surface area contributed by atoms with Gasteiger partial charge in [0.2, 0.25) is 0 Å². The molecule has 0 fully saturated rings. The van der Waals surface area contributed by atoms with Crippen LogP contribution in [0.4, 0.5) is 5.69 Å². The Bertz CT molecular complexity index is 707. The highest BCUT2D eigenvalue weighted by Crippen LogP contribution is 2.28. The molecule has 0 aliphatic heterocycles. The normalized spacial score (nSPS) is 10.7. The van der Waals surface area contributed by atoms with Crippen molar-refractivity contribution in [3.05, 3.63) is 64.8 Å². The van der Waals surface area contributed by atoms with Crippen LogP contribution in [0.5, 0.6) is 0 Å². The van der Waals surface area contributed by atoms with Crippen LogP contribution in [0.2, 0.25) is 10.2 Å². The van der Waals surface area contributed by atoms with Crippen molar-refractivity contribution in [2.75, 3.05) is 5.32 Å². The summed E-state index contributed by atoms with van der Waals surface area (Å²) >= 11 is 12.0. The van der Waals surface area contributed by atoms with E-state index in [2.05, 4.69) is 10.4 Å². The van der Waals surface area contributed by atoms with Gasteiger partial charge in [-0.2, -0.15) is 5.10 Å². The molecule has 3 rings (SSSR count). The van der Waals surface area contributed by atoms with Crippen LogP contribution >= 0.6 is 23.2 Å². The van der Waals surface area contributed by atoms with E-state index < -0.39 is 0 Å². The molecule has 1 N–H and O–H groups in total. The van der Waals surface area contributed by atoms with Gasteiger partial charge in [0.1, 0.15) is 11.4 Å². The molecule has 6 heteroatoms. The van der Waals surface area contributed by atoms with Gasteiger partial charge in [0.15, 0.2) is 5.22 Å². The fourth-order valence-corrected chi connectivity index (χ4v) is 2.34. The molecule has 0 spiro atoms. The second-order valence-electron chi connectivity index (χ2n) is 4.15. The number of furan rings is 1. The molecule has 102 valence electrons. The number of anilines is 1. The maximum atomic E-state index is 6.26. The number of hydrogen-bond acceptors (Lipinski definition) is 3. The lowest BCUT2D eigenvalue weighted by atomic mass is 10.2. The fraction of sp³-hybridized carbons (Fsp3) is 0.0714. The molecule has 20 heavy (non-hydrogen) atoms. The van der Waals surface area contributed by atoms with Gasteiger partial charge in [-0.1, -0.05) is 17.7 Å². The molecule has 0 saturated carbocycles. The van der Waals surface area contributed by atoms with E-state index in [-0.39, 0.29) is 0 Å². The van der Waals surface area contributed by atoms with Crippen LogP contribution in [0.3, 0.4) is 0 Å². The molecule has 0 saturated heterocycles. The van der Waals surface area contributed by atoms with Gasteiger partial charge in [-0.3, -0.25) is 0 Å². The van der Waals surface area contributed by atoms with Gasteiger partial charge in [-0.25, -0.2) is 4.68 Å². The molecule has 2 aromatic heterocycles. The lowest BCUT2D eigenvalue weighted by Crippen LogP contribution is -2.05. The van der Waals surface area contributed by atoms with E-state index in [1.165, 1.54) is 0 Å². The van der Waals surface area contributed by atoms with Crippen LogP contribution in [-0.2, 0) is 6.54 Å². The number of rotatable bonds is 4. The molecule has 0 aliphatic rings. The summed E-state index contributed by atoms with van der Waals surface area (Å²) in [6.07, 6.45) is 3.55. The number of benzene rings is 1. The maximum Gasteiger partial charge on any atom is 0.193 e. The molecule has 2 heterocycles. The first-order valence-electron chi connectivity index (χ1n) is 6.00. The molecule has 4 nitrogen and oxygen atoms in total. The summed E-state index contributed by atoms with van der Waals surface area (Å²) in [5.41, 5.74) is 1.67. The number of nitrogens with one attached hydrogen (secondary N) is 1. The van der Waals surface area contributed by atoms with Crippen LogP contribution in [-0.4, -0.2) is 9.78 Å². The smallest absolute Gasteiger partial charge is 0.193 e. The van der Waals surface area contributed by atoms with Crippen molar-refractivity contribution in [2.24, 2.45) is 0 Å². The second-order valence-corrected chi connectivity index (χ2v) is 4.93. The molecule has 0 radical (unpaired) electrons. The Balaban J connectivity index is 1.88. The summed E-state index contributed by atoms with van der Waals surface area (Å²) in [6, 6.07) is 11.0. The highest BCUT2D eigenvalue weighted by molar-refractivity contribution is 6.33. The number of para-hydroxylation sites is 1. The van der Waals surface area contributed by atoms with Crippen molar-refractivity contribution in [1.29, 1.82) is 0 Å². The van der Waals surface area contributed by atoms with Gasteiger partial charge in [0, 0.05) is 12.4 Å². The van der Waals surface area contributed by atoms with Crippen LogP contribution in [0.25, 0.3) is 5.69 Å².